The monoisotopic (exact) mass is 441 g/mol. The lowest BCUT2D eigenvalue weighted by molar-refractivity contribution is -0.122. The van der Waals surface area contributed by atoms with E-state index in [1.165, 1.54) is 44.3 Å². The van der Waals surface area contributed by atoms with Crippen LogP contribution in [0.3, 0.4) is 0 Å². The molecule has 0 spiro atoms. The standard InChI is InChI=1S/C22H35NO6S/c1-2-3-4-5-6-7-10-16-21(25)23-17-11-8-9-14-19(24)18-13-12-15-20(22(18)26)30(27,28)29/h12-13,15,20H,2-11,14,16-17H2,1H3,(H,23,25)(H,27,28,29). The van der Waals surface area contributed by atoms with Gasteiger partial charge in [-0.25, -0.2) is 0 Å². The molecule has 1 aliphatic rings. The van der Waals surface area contributed by atoms with Gasteiger partial charge in [-0.05, 0) is 25.3 Å². The average molecular weight is 442 g/mol. The Labute approximate surface area is 180 Å². The first-order chi connectivity index (χ1) is 14.3. The molecule has 8 heteroatoms. The summed E-state index contributed by atoms with van der Waals surface area (Å²) in [5, 5.41) is 1.18. The number of ketones is 2. The quantitative estimate of drug-likeness (QED) is 0.214. The molecule has 170 valence electrons. The highest BCUT2D eigenvalue weighted by atomic mass is 32.2. The fourth-order valence-corrected chi connectivity index (χ4v) is 4.01. The van der Waals surface area contributed by atoms with Crippen molar-refractivity contribution < 1.29 is 27.4 Å². The fourth-order valence-electron chi connectivity index (χ4n) is 3.32. The number of carbonyl (C=O) groups is 3. The smallest absolute Gasteiger partial charge is 0.279 e. The van der Waals surface area contributed by atoms with Gasteiger partial charge in [0, 0.05) is 19.4 Å². The van der Waals surface area contributed by atoms with Crippen LogP contribution in [0.4, 0.5) is 0 Å². The summed E-state index contributed by atoms with van der Waals surface area (Å²) < 4.78 is 31.5. The maximum absolute atomic E-state index is 12.2. The number of rotatable bonds is 16. The molecular weight excluding hydrogens is 406 g/mol. The van der Waals surface area contributed by atoms with Crippen LogP contribution in [0.1, 0.15) is 84.0 Å². The van der Waals surface area contributed by atoms with Gasteiger partial charge in [-0.2, -0.15) is 8.42 Å². The summed E-state index contributed by atoms with van der Waals surface area (Å²) in [7, 11) is -4.57. The topological polar surface area (TPSA) is 118 Å². The fraction of sp³-hybridized carbons (Fsp3) is 0.682. The van der Waals surface area contributed by atoms with E-state index in [4.69, 9.17) is 4.55 Å². The second kappa shape index (κ2) is 14.2. The van der Waals surface area contributed by atoms with Crippen LogP contribution in [0.2, 0.25) is 0 Å². The molecule has 0 aromatic rings. The summed E-state index contributed by atoms with van der Waals surface area (Å²) in [6, 6.07) is 0. The molecule has 0 bridgehead atoms. The van der Waals surface area contributed by atoms with Gasteiger partial charge in [0.25, 0.3) is 10.1 Å². The van der Waals surface area contributed by atoms with Crippen LogP contribution in [-0.2, 0) is 24.5 Å². The lowest BCUT2D eigenvalue weighted by atomic mass is 9.96. The number of Topliss-reactive ketones (excluding diaryl/α,β-unsaturated/α-hetero) is 2. The normalized spacial score (nSPS) is 16.4. The number of hydrogen-bond acceptors (Lipinski definition) is 5. The Hall–Kier alpha value is -1.80. The molecule has 0 aliphatic heterocycles. The number of carbonyl (C=O) groups excluding carboxylic acids is 3. The van der Waals surface area contributed by atoms with Crippen molar-refractivity contribution in [2.45, 2.75) is 89.2 Å². The van der Waals surface area contributed by atoms with Crippen LogP contribution in [0.25, 0.3) is 0 Å². The van der Waals surface area contributed by atoms with Crippen molar-refractivity contribution in [2.75, 3.05) is 6.54 Å². The molecule has 1 unspecified atom stereocenters. The average Bonchev–Trinajstić information content (AvgIpc) is 2.69. The van der Waals surface area contributed by atoms with Gasteiger partial charge in [0.05, 0.1) is 5.57 Å². The molecule has 0 saturated carbocycles. The van der Waals surface area contributed by atoms with E-state index in [-0.39, 0.29) is 17.9 Å². The van der Waals surface area contributed by atoms with E-state index in [1.54, 1.807) is 0 Å². The zero-order valence-electron chi connectivity index (χ0n) is 17.9. The highest BCUT2D eigenvalue weighted by Gasteiger charge is 2.34. The third-order valence-electron chi connectivity index (χ3n) is 5.10. The van der Waals surface area contributed by atoms with Gasteiger partial charge in [0.15, 0.2) is 16.8 Å². The lowest BCUT2D eigenvalue weighted by Gasteiger charge is -2.14. The van der Waals surface area contributed by atoms with Crippen molar-refractivity contribution in [3.63, 3.8) is 0 Å². The SMILES string of the molecule is CCCCCCCCCC(=O)NCCCCCC(=O)C1=CC=CC(S(=O)(=O)O)C1=O. The van der Waals surface area contributed by atoms with Crippen LogP contribution in [0, 0.1) is 0 Å². The zero-order valence-corrected chi connectivity index (χ0v) is 18.7. The van der Waals surface area contributed by atoms with Crippen molar-refractivity contribution in [1.82, 2.24) is 5.32 Å². The summed E-state index contributed by atoms with van der Waals surface area (Å²) in [5.74, 6) is -1.26. The molecule has 30 heavy (non-hydrogen) atoms. The highest BCUT2D eigenvalue weighted by molar-refractivity contribution is 7.87. The van der Waals surface area contributed by atoms with E-state index in [9.17, 15) is 22.8 Å². The van der Waals surface area contributed by atoms with Crippen molar-refractivity contribution in [3.8, 4) is 0 Å². The third kappa shape index (κ3) is 10.3. The van der Waals surface area contributed by atoms with Gasteiger partial charge in [0.2, 0.25) is 5.91 Å². The van der Waals surface area contributed by atoms with Gasteiger partial charge < -0.3 is 5.32 Å². The van der Waals surface area contributed by atoms with E-state index in [0.29, 0.717) is 25.8 Å². The predicted molar refractivity (Wildman–Crippen MR) is 117 cm³/mol. The Morgan fingerprint density at radius 3 is 2.23 bits per heavy atom. The Bertz CT molecular complexity index is 739. The molecular formula is C22H35NO6S. The van der Waals surface area contributed by atoms with Gasteiger partial charge in [-0.15, -0.1) is 0 Å². The van der Waals surface area contributed by atoms with E-state index >= 15 is 0 Å². The van der Waals surface area contributed by atoms with Crippen molar-refractivity contribution in [2.24, 2.45) is 0 Å². The van der Waals surface area contributed by atoms with Gasteiger partial charge in [-0.1, -0.05) is 64.0 Å². The maximum Gasteiger partial charge on any atom is 0.279 e. The lowest BCUT2D eigenvalue weighted by Crippen LogP contribution is -2.33. The minimum absolute atomic E-state index is 0.0561. The Kier molecular flexibility index (Phi) is 12.5. The summed E-state index contributed by atoms with van der Waals surface area (Å²) in [6.45, 7) is 2.75. The Morgan fingerprint density at radius 2 is 1.57 bits per heavy atom. The van der Waals surface area contributed by atoms with Gasteiger partial charge in [0.1, 0.15) is 0 Å². The summed E-state index contributed by atoms with van der Waals surface area (Å²) >= 11 is 0. The minimum Gasteiger partial charge on any atom is -0.356 e. The van der Waals surface area contributed by atoms with Crippen LogP contribution in [-0.4, -0.2) is 42.2 Å². The third-order valence-corrected chi connectivity index (χ3v) is 6.12. The molecule has 1 rings (SSSR count). The largest absolute Gasteiger partial charge is 0.356 e. The molecule has 1 amide bonds. The van der Waals surface area contributed by atoms with Crippen LogP contribution >= 0.6 is 0 Å². The van der Waals surface area contributed by atoms with E-state index in [1.807, 2.05) is 0 Å². The van der Waals surface area contributed by atoms with Gasteiger partial charge in [-0.3, -0.25) is 18.9 Å². The van der Waals surface area contributed by atoms with Crippen LogP contribution in [0.5, 0.6) is 0 Å². The number of nitrogens with one attached hydrogen (secondary N) is 1. The number of unbranched alkanes of at least 4 members (excludes halogenated alkanes) is 8. The predicted octanol–water partition coefficient (Wildman–Crippen LogP) is 3.69. The van der Waals surface area contributed by atoms with E-state index < -0.39 is 26.9 Å². The molecule has 0 heterocycles. The van der Waals surface area contributed by atoms with E-state index in [0.717, 1.165) is 25.3 Å². The second-order valence-electron chi connectivity index (χ2n) is 7.72. The summed E-state index contributed by atoms with van der Waals surface area (Å²) in [4.78, 5) is 36.0. The van der Waals surface area contributed by atoms with Crippen molar-refractivity contribution in [1.29, 1.82) is 0 Å². The Morgan fingerprint density at radius 1 is 0.967 bits per heavy atom. The molecule has 0 aromatic heterocycles. The molecule has 0 aromatic carbocycles. The molecule has 0 radical (unpaired) electrons. The zero-order chi connectivity index (χ0) is 22.4. The van der Waals surface area contributed by atoms with Gasteiger partial charge >= 0.3 is 0 Å². The van der Waals surface area contributed by atoms with Crippen LogP contribution in [0.15, 0.2) is 23.8 Å². The first-order valence-electron chi connectivity index (χ1n) is 11.0. The minimum atomic E-state index is -4.57. The summed E-state index contributed by atoms with van der Waals surface area (Å²) in [5.41, 5.74) is -0.192. The highest BCUT2D eigenvalue weighted by Crippen LogP contribution is 2.18. The van der Waals surface area contributed by atoms with E-state index in [2.05, 4.69) is 12.2 Å². The summed E-state index contributed by atoms with van der Waals surface area (Å²) in [6.07, 6.45) is 14.5. The molecule has 2 N–H and O–H groups in total. The molecule has 0 saturated heterocycles. The van der Waals surface area contributed by atoms with Crippen molar-refractivity contribution >= 4 is 27.6 Å². The molecule has 1 atom stereocenters. The van der Waals surface area contributed by atoms with Crippen LogP contribution < -0.4 is 5.32 Å². The Balaban J connectivity index is 2.12. The van der Waals surface area contributed by atoms with Crippen molar-refractivity contribution in [3.05, 3.63) is 23.8 Å². The number of amides is 1. The second-order valence-corrected chi connectivity index (χ2v) is 9.26. The molecule has 7 nitrogen and oxygen atoms in total. The maximum atomic E-state index is 12.2. The molecule has 0 fully saturated rings. The molecule has 1 aliphatic carbocycles. The first kappa shape index (κ1) is 26.2. The first-order valence-corrected chi connectivity index (χ1v) is 12.5. The number of allylic oxidation sites excluding steroid dienone is 3. The number of hydrogen-bond donors (Lipinski definition) is 2.